The second-order valence-electron chi connectivity index (χ2n) is 8.34. The molecule has 2 aromatic rings. The fourth-order valence-corrected chi connectivity index (χ4v) is 4.00. The van der Waals surface area contributed by atoms with E-state index in [9.17, 15) is 4.79 Å². The molecule has 0 unspecified atom stereocenters. The molecule has 0 aromatic heterocycles. The second kappa shape index (κ2) is 8.87. The van der Waals surface area contributed by atoms with Crippen LogP contribution in [0.25, 0.3) is 0 Å². The van der Waals surface area contributed by atoms with Gasteiger partial charge in [0.1, 0.15) is 5.75 Å². The highest BCUT2D eigenvalue weighted by Crippen LogP contribution is 2.30. The standard InChI is InChI=1S/C24H31N3O2/c1-18-5-3-6-19(2)24(18)29-17-23(28)25-21-7-4-8-22(15-21)27-13-11-26(12-14-27)16-20-9-10-20/h3-8,15,20H,9-14,16-17H2,1-2H3,(H,25,28). The first-order valence-electron chi connectivity index (χ1n) is 10.6. The zero-order valence-electron chi connectivity index (χ0n) is 17.5. The number of rotatable bonds is 7. The van der Waals surface area contributed by atoms with Gasteiger partial charge < -0.3 is 15.0 Å². The fourth-order valence-electron chi connectivity index (χ4n) is 4.00. The van der Waals surface area contributed by atoms with E-state index in [4.69, 9.17) is 4.74 Å². The summed E-state index contributed by atoms with van der Waals surface area (Å²) < 4.78 is 5.77. The molecule has 5 nitrogen and oxygen atoms in total. The second-order valence-corrected chi connectivity index (χ2v) is 8.34. The summed E-state index contributed by atoms with van der Waals surface area (Å²) in [4.78, 5) is 17.4. The lowest BCUT2D eigenvalue weighted by atomic mass is 10.1. The Balaban J connectivity index is 1.30. The fraction of sp³-hybridized carbons (Fsp3) is 0.458. The third-order valence-electron chi connectivity index (χ3n) is 5.84. The molecule has 0 radical (unpaired) electrons. The lowest BCUT2D eigenvalue weighted by Crippen LogP contribution is -2.47. The third kappa shape index (κ3) is 5.30. The van der Waals surface area contributed by atoms with E-state index < -0.39 is 0 Å². The zero-order chi connectivity index (χ0) is 20.2. The van der Waals surface area contributed by atoms with Crippen LogP contribution in [0, 0.1) is 19.8 Å². The van der Waals surface area contributed by atoms with Gasteiger partial charge in [-0.3, -0.25) is 9.69 Å². The van der Waals surface area contributed by atoms with Crippen molar-refractivity contribution in [2.24, 2.45) is 5.92 Å². The van der Waals surface area contributed by atoms with Gasteiger partial charge >= 0.3 is 0 Å². The highest BCUT2D eigenvalue weighted by Gasteiger charge is 2.26. The molecule has 29 heavy (non-hydrogen) atoms. The van der Waals surface area contributed by atoms with E-state index in [-0.39, 0.29) is 12.5 Å². The maximum atomic E-state index is 12.4. The van der Waals surface area contributed by atoms with E-state index in [1.165, 1.54) is 25.1 Å². The van der Waals surface area contributed by atoms with E-state index in [1.807, 2.05) is 44.2 Å². The van der Waals surface area contributed by atoms with Gasteiger partial charge in [0.05, 0.1) is 0 Å². The number of carbonyl (C=O) groups excluding carboxylic acids is 1. The summed E-state index contributed by atoms with van der Waals surface area (Å²) in [7, 11) is 0. The number of piperazine rings is 1. The van der Waals surface area contributed by atoms with Gasteiger partial charge in [0.25, 0.3) is 5.91 Å². The molecule has 1 amide bonds. The van der Waals surface area contributed by atoms with E-state index in [0.717, 1.165) is 54.7 Å². The maximum Gasteiger partial charge on any atom is 0.262 e. The molecule has 1 N–H and O–H groups in total. The predicted octanol–water partition coefficient (Wildman–Crippen LogP) is 3.85. The minimum Gasteiger partial charge on any atom is -0.483 e. The highest BCUT2D eigenvalue weighted by atomic mass is 16.5. The van der Waals surface area contributed by atoms with Crippen molar-refractivity contribution in [1.29, 1.82) is 0 Å². The lowest BCUT2D eigenvalue weighted by molar-refractivity contribution is -0.118. The van der Waals surface area contributed by atoms with Gasteiger partial charge in [-0.15, -0.1) is 0 Å². The van der Waals surface area contributed by atoms with E-state index in [0.29, 0.717) is 0 Å². The molecule has 2 fully saturated rings. The Bertz CT molecular complexity index is 835. The van der Waals surface area contributed by atoms with Crippen LogP contribution >= 0.6 is 0 Å². The lowest BCUT2D eigenvalue weighted by Gasteiger charge is -2.36. The third-order valence-corrected chi connectivity index (χ3v) is 5.84. The number of aryl methyl sites for hydroxylation is 2. The molecular formula is C24H31N3O2. The van der Waals surface area contributed by atoms with Gasteiger partial charge in [-0.25, -0.2) is 0 Å². The van der Waals surface area contributed by atoms with Crippen LogP contribution < -0.4 is 15.0 Å². The summed E-state index contributed by atoms with van der Waals surface area (Å²) in [5.74, 6) is 1.60. The molecule has 0 spiro atoms. The number of carbonyl (C=O) groups is 1. The number of hydrogen-bond acceptors (Lipinski definition) is 4. The van der Waals surface area contributed by atoms with Crippen LogP contribution in [0.15, 0.2) is 42.5 Å². The molecule has 1 saturated carbocycles. The number of nitrogens with one attached hydrogen (secondary N) is 1. The Morgan fingerprint density at radius 1 is 1.03 bits per heavy atom. The number of anilines is 2. The molecule has 5 heteroatoms. The first-order chi connectivity index (χ1) is 14.1. The summed E-state index contributed by atoms with van der Waals surface area (Å²) in [6.45, 7) is 9.59. The van der Waals surface area contributed by atoms with Crippen LogP contribution in [-0.2, 0) is 4.79 Å². The van der Waals surface area contributed by atoms with Crippen LogP contribution in [-0.4, -0.2) is 50.1 Å². The first-order valence-corrected chi connectivity index (χ1v) is 10.6. The maximum absolute atomic E-state index is 12.4. The number of para-hydroxylation sites is 1. The SMILES string of the molecule is Cc1cccc(C)c1OCC(=O)Nc1cccc(N2CCN(CC3CC3)CC2)c1. The van der Waals surface area contributed by atoms with Gasteiger partial charge in [-0.05, 0) is 61.9 Å². The van der Waals surface area contributed by atoms with Crippen molar-refractivity contribution < 1.29 is 9.53 Å². The predicted molar refractivity (Wildman–Crippen MR) is 118 cm³/mol. The molecule has 4 rings (SSSR count). The van der Waals surface area contributed by atoms with Gasteiger partial charge in [-0.2, -0.15) is 0 Å². The summed E-state index contributed by atoms with van der Waals surface area (Å²) in [5, 5.41) is 2.97. The van der Waals surface area contributed by atoms with Crippen LogP contribution in [0.5, 0.6) is 5.75 Å². The summed E-state index contributed by atoms with van der Waals surface area (Å²) >= 11 is 0. The minimum atomic E-state index is -0.140. The zero-order valence-corrected chi connectivity index (χ0v) is 17.5. The van der Waals surface area contributed by atoms with Gasteiger partial charge in [0.15, 0.2) is 6.61 Å². The Labute approximate surface area is 173 Å². The first kappa shape index (κ1) is 19.8. The average Bonchev–Trinajstić information content (AvgIpc) is 3.52. The van der Waals surface area contributed by atoms with Crippen LogP contribution in [0.3, 0.4) is 0 Å². The minimum absolute atomic E-state index is 0.00968. The van der Waals surface area contributed by atoms with Crippen LogP contribution in [0.2, 0.25) is 0 Å². The quantitative estimate of drug-likeness (QED) is 0.776. The van der Waals surface area contributed by atoms with Crippen molar-refractivity contribution in [2.45, 2.75) is 26.7 Å². The molecule has 1 heterocycles. The molecule has 154 valence electrons. The molecule has 1 aliphatic heterocycles. The largest absolute Gasteiger partial charge is 0.483 e. The number of ether oxygens (including phenoxy) is 1. The van der Waals surface area contributed by atoms with Gasteiger partial charge in [-0.1, -0.05) is 24.3 Å². The van der Waals surface area contributed by atoms with E-state index >= 15 is 0 Å². The molecule has 2 aromatic carbocycles. The van der Waals surface area contributed by atoms with Crippen LogP contribution in [0.1, 0.15) is 24.0 Å². The number of amides is 1. The molecule has 1 aliphatic carbocycles. The number of hydrogen-bond donors (Lipinski definition) is 1. The number of benzene rings is 2. The molecule has 1 saturated heterocycles. The smallest absolute Gasteiger partial charge is 0.262 e. The van der Waals surface area contributed by atoms with Crippen molar-refractivity contribution >= 4 is 17.3 Å². The average molecular weight is 394 g/mol. The van der Waals surface area contributed by atoms with Crippen molar-refractivity contribution in [1.82, 2.24) is 4.90 Å². The summed E-state index contributed by atoms with van der Waals surface area (Å²) in [5.41, 5.74) is 4.07. The van der Waals surface area contributed by atoms with Crippen molar-refractivity contribution in [3.63, 3.8) is 0 Å². The van der Waals surface area contributed by atoms with Gasteiger partial charge in [0.2, 0.25) is 0 Å². The Kier molecular flexibility index (Phi) is 6.05. The normalized spacial score (nSPS) is 17.2. The Morgan fingerprint density at radius 2 is 1.72 bits per heavy atom. The van der Waals surface area contributed by atoms with Crippen molar-refractivity contribution in [3.05, 3.63) is 53.6 Å². The molecule has 0 atom stereocenters. The van der Waals surface area contributed by atoms with Crippen molar-refractivity contribution in [3.8, 4) is 5.75 Å². The molecule has 0 bridgehead atoms. The van der Waals surface area contributed by atoms with Gasteiger partial charge in [0, 0.05) is 44.1 Å². The van der Waals surface area contributed by atoms with Crippen LogP contribution in [0.4, 0.5) is 11.4 Å². The highest BCUT2D eigenvalue weighted by molar-refractivity contribution is 5.92. The summed E-state index contributed by atoms with van der Waals surface area (Å²) in [6, 6.07) is 14.1. The Morgan fingerprint density at radius 3 is 2.41 bits per heavy atom. The Hall–Kier alpha value is -2.53. The summed E-state index contributed by atoms with van der Waals surface area (Å²) in [6.07, 6.45) is 2.82. The number of nitrogens with zero attached hydrogens (tertiary/aromatic N) is 2. The van der Waals surface area contributed by atoms with E-state index in [1.54, 1.807) is 0 Å². The topological polar surface area (TPSA) is 44.8 Å². The molecular weight excluding hydrogens is 362 g/mol. The van der Waals surface area contributed by atoms with E-state index in [2.05, 4.69) is 27.2 Å². The molecule has 2 aliphatic rings. The monoisotopic (exact) mass is 393 g/mol. The van der Waals surface area contributed by atoms with Crippen molar-refractivity contribution in [2.75, 3.05) is 49.5 Å².